The molecule has 0 spiro atoms. The van der Waals surface area contributed by atoms with Crippen LogP contribution in [0.3, 0.4) is 0 Å². The first-order valence-electron chi connectivity index (χ1n) is 6.84. The van der Waals surface area contributed by atoms with Gasteiger partial charge in [0.1, 0.15) is 0 Å². The van der Waals surface area contributed by atoms with Gasteiger partial charge in [0.25, 0.3) is 0 Å². The van der Waals surface area contributed by atoms with E-state index in [1.54, 1.807) is 0 Å². The van der Waals surface area contributed by atoms with Gasteiger partial charge in [-0.25, -0.2) is 0 Å². The average molecular weight is 248 g/mol. The van der Waals surface area contributed by atoms with Crippen LogP contribution in [0.25, 0.3) is 0 Å². The fourth-order valence-electron chi connectivity index (χ4n) is 1.65. The van der Waals surface area contributed by atoms with Crippen molar-refractivity contribution in [3.63, 3.8) is 0 Å². The Morgan fingerprint density at radius 1 is 0.812 bits per heavy atom. The van der Waals surface area contributed by atoms with Gasteiger partial charge in [-0.3, -0.25) is 0 Å². The topological polar surface area (TPSA) is 3.24 Å². The van der Waals surface area contributed by atoms with E-state index in [0.29, 0.717) is 0 Å². The van der Waals surface area contributed by atoms with Crippen LogP contribution in [0.5, 0.6) is 0 Å². The van der Waals surface area contributed by atoms with Crippen molar-refractivity contribution in [2.24, 2.45) is 11.8 Å². The van der Waals surface area contributed by atoms with Crippen LogP contribution in [0, 0.1) is 11.8 Å². The Bertz CT molecular complexity index is 134. The van der Waals surface area contributed by atoms with Crippen LogP contribution in [0.4, 0.5) is 0 Å². The second-order valence-corrected chi connectivity index (χ2v) is 5.98. The molecule has 0 unspecified atom stereocenters. The van der Waals surface area contributed by atoms with Crippen LogP contribution in [0.15, 0.2) is 0 Å². The van der Waals surface area contributed by atoms with Gasteiger partial charge in [-0.1, -0.05) is 27.7 Å². The molecule has 0 amide bonds. The first-order valence-corrected chi connectivity index (χ1v) is 7.38. The molecule has 1 nitrogen and oxygen atoms in total. The van der Waals surface area contributed by atoms with Gasteiger partial charge in [-0.05, 0) is 57.2 Å². The van der Waals surface area contributed by atoms with Gasteiger partial charge in [0.05, 0.1) is 0 Å². The monoisotopic (exact) mass is 247 g/mol. The summed E-state index contributed by atoms with van der Waals surface area (Å²) in [5, 5.41) is 0. The molecule has 0 saturated carbocycles. The molecule has 16 heavy (non-hydrogen) atoms. The summed E-state index contributed by atoms with van der Waals surface area (Å²) in [5.41, 5.74) is 0. The quantitative estimate of drug-likeness (QED) is 0.409. The normalized spacial score (nSPS) is 12.0. The Labute approximate surface area is 108 Å². The van der Waals surface area contributed by atoms with Crippen molar-refractivity contribution < 1.29 is 0 Å². The van der Waals surface area contributed by atoms with Gasteiger partial charge >= 0.3 is 0 Å². The van der Waals surface area contributed by atoms with E-state index in [1.165, 1.54) is 38.9 Å². The molecule has 0 saturated heterocycles. The van der Waals surface area contributed by atoms with Crippen molar-refractivity contribution in [1.82, 2.24) is 4.90 Å². The van der Waals surface area contributed by atoms with E-state index in [2.05, 4.69) is 32.6 Å². The molecular weight excluding hydrogens is 218 g/mol. The third-order valence-electron chi connectivity index (χ3n) is 2.90. The summed E-state index contributed by atoms with van der Waals surface area (Å²) in [7, 11) is 0. The van der Waals surface area contributed by atoms with Crippen molar-refractivity contribution in [2.75, 3.05) is 25.5 Å². The van der Waals surface area contributed by atoms with E-state index in [0.717, 1.165) is 24.1 Å². The average Bonchev–Trinajstić information content (AvgIpc) is 2.21. The molecule has 0 aliphatic heterocycles. The number of hydrogen-bond donors (Lipinski definition) is 0. The minimum absolute atomic E-state index is 0.808. The molecule has 0 atom stereocenters. The predicted molar refractivity (Wildman–Crippen MR) is 75.3 cm³/mol. The number of hydrogen-bond acceptors (Lipinski definition) is 1. The van der Waals surface area contributed by atoms with Crippen molar-refractivity contribution in [1.29, 1.82) is 0 Å². The lowest BCUT2D eigenvalue weighted by Gasteiger charge is -2.24. The lowest BCUT2D eigenvalue weighted by molar-refractivity contribution is 0.240. The summed E-state index contributed by atoms with van der Waals surface area (Å²) >= 11 is 5.72. The molecule has 0 heterocycles. The maximum Gasteiger partial charge on any atom is 0.0223 e. The van der Waals surface area contributed by atoms with Gasteiger partial charge in [-0.2, -0.15) is 0 Å². The smallest absolute Gasteiger partial charge is 0.0223 e. The fraction of sp³-hybridized carbons (Fsp3) is 1.00. The molecule has 0 radical (unpaired) electrons. The van der Waals surface area contributed by atoms with Crippen LogP contribution >= 0.6 is 11.6 Å². The SMILES string of the molecule is CC(C)CCN(CCCCCl)CCC(C)C. The van der Waals surface area contributed by atoms with Gasteiger partial charge in [0.2, 0.25) is 0 Å². The maximum atomic E-state index is 5.72. The number of unbranched alkanes of at least 4 members (excludes halogenated alkanes) is 1. The van der Waals surface area contributed by atoms with E-state index >= 15 is 0 Å². The van der Waals surface area contributed by atoms with E-state index in [9.17, 15) is 0 Å². The minimum Gasteiger partial charge on any atom is -0.303 e. The summed E-state index contributed by atoms with van der Waals surface area (Å²) in [6.45, 7) is 13.0. The molecule has 0 N–H and O–H groups in total. The molecule has 0 aromatic carbocycles. The number of halogens is 1. The van der Waals surface area contributed by atoms with Crippen LogP contribution in [-0.2, 0) is 0 Å². The Kier molecular flexibility index (Phi) is 10.6. The van der Waals surface area contributed by atoms with Crippen molar-refractivity contribution in [3.05, 3.63) is 0 Å². The Hall–Kier alpha value is 0.250. The zero-order chi connectivity index (χ0) is 12.4. The summed E-state index contributed by atoms with van der Waals surface area (Å²) in [5.74, 6) is 2.44. The molecule has 0 bridgehead atoms. The van der Waals surface area contributed by atoms with E-state index in [1.807, 2.05) is 0 Å². The number of alkyl halides is 1. The summed E-state index contributed by atoms with van der Waals surface area (Å²) in [6.07, 6.45) is 5.04. The van der Waals surface area contributed by atoms with Crippen LogP contribution in [0.2, 0.25) is 0 Å². The predicted octanol–water partition coefficient (Wildman–Crippen LogP) is 4.40. The lowest BCUT2D eigenvalue weighted by atomic mass is 10.1. The highest BCUT2D eigenvalue weighted by Gasteiger charge is 2.06. The van der Waals surface area contributed by atoms with E-state index in [-0.39, 0.29) is 0 Å². The van der Waals surface area contributed by atoms with Gasteiger partial charge in [0.15, 0.2) is 0 Å². The number of rotatable bonds is 10. The number of nitrogens with zero attached hydrogens (tertiary/aromatic N) is 1. The van der Waals surface area contributed by atoms with Gasteiger partial charge in [-0.15, -0.1) is 11.6 Å². The Morgan fingerprint density at radius 2 is 1.31 bits per heavy atom. The van der Waals surface area contributed by atoms with Crippen molar-refractivity contribution >= 4 is 11.6 Å². The lowest BCUT2D eigenvalue weighted by Crippen LogP contribution is -2.29. The van der Waals surface area contributed by atoms with Gasteiger partial charge < -0.3 is 4.90 Å². The third-order valence-corrected chi connectivity index (χ3v) is 3.17. The first kappa shape index (κ1) is 16.2. The molecule has 0 fully saturated rings. The second-order valence-electron chi connectivity index (χ2n) is 5.60. The molecule has 0 aromatic rings. The highest BCUT2D eigenvalue weighted by atomic mass is 35.5. The molecular formula is C14H30ClN. The Balaban J connectivity index is 3.76. The van der Waals surface area contributed by atoms with E-state index in [4.69, 9.17) is 11.6 Å². The van der Waals surface area contributed by atoms with E-state index < -0.39 is 0 Å². The van der Waals surface area contributed by atoms with Crippen molar-refractivity contribution in [3.8, 4) is 0 Å². The first-order chi connectivity index (χ1) is 7.56. The highest BCUT2D eigenvalue weighted by molar-refractivity contribution is 6.17. The summed E-state index contributed by atoms with van der Waals surface area (Å²) in [6, 6.07) is 0. The molecule has 2 heteroatoms. The van der Waals surface area contributed by atoms with Crippen LogP contribution in [-0.4, -0.2) is 30.4 Å². The second kappa shape index (κ2) is 10.4. The maximum absolute atomic E-state index is 5.72. The Morgan fingerprint density at radius 3 is 1.69 bits per heavy atom. The minimum atomic E-state index is 0.808. The standard InChI is InChI=1S/C14H30ClN/c1-13(2)7-11-16(10-6-5-9-15)12-8-14(3)4/h13-14H,5-12H2,1-4H3. The van der Waals surface area contributed by atoms with Crippen LogP contribution in [0.1, 0.15) is 53.4 Å². The molecule has 0 rings (SSSR count). The van der Waals surface area contributed by atoms with Crippen LogP contribution < -0.4 is 0 Å². The zero-order valence-corrected chi connectivity index (χ0v) is 12.4. The molecule has 98 valence electrons. The van der Waals surface area contributed by atoms with Gasteiger partial charge in [0, 0.05) is 5.88 Å². The summed E-state index contributed by atoms with van der Waals surface area (Å²) in [4.78, 5) is 2.62. The molecule has 0 aliphatic rings. The molecule has 0 aromatic heterocycles. The zero-order valence-electron chi connectivity index (χ0n) is 11.6. The van der Waals surface area contributed by atoms with Crippen molar-refractivity contribution in [2.45, 2.75) is 53.4 Å². The molecule has 0 aliphatic carbocycles. The largest absolute Gasteiger partial charge is 0.303 e. The summed E-state index contributed by atoms with van der Waals surface area (Å²) < 4.78 is 0. The third kappa shape index (κ3) is 10.8. The fourth-order valence-corrected chi connectivity index (χ4v) is 1.84. The highest BCUT2D eigenvalue weighted by Crippen LogP contribution is 2.07.